The van der Waals surface area contributed by atoms with Crippen molar-refractivity contribution in [3.63, 3.8) is 0 Å². The number of para-hydroxylation sites is 1. The van der Waals surface area contributed by atoms with Gasteiger partial charge < -0.3 is 14.5 Å². The van der Waals surface area contributed by atoms with Gasteiger partial charge in [0.05, 0.1) is 12.5 Å². The van der Waals surface area contributed by atoms with Gasteiger partial charge in [-0.2, -0.15) is 0 Å². The maximum atomic E-state index is 11.9. The van der Waals surface area contributed by atoms with Crippen LogP contribution in [0.5, 0.6) is 5.75 Å². The molecule has 3 rings (SSSR count). The molecule has 0 fully saturated rings. The van der Waals surface area contributed by atoms with Crippen LogP contribution < -0.4 is 4.74 Å². The zero-order valence-electron chi connectivity index (χ0n) is 12.1. The van der Waals surface area contributed by atoms with Crippen LogP contribution in [0.25, 0.3) is 10.9 Å². The highest BCUT2D eigenvalue weighted by atomic mass is 16.5. The van der Waals surface area contributed by atoms with Gasteiger partial charge in [0.15, 0.2) is 0 Å². The molecule has 3 heteroatoms. The van der Waals surface area contributed by atoms with E-state index in [0.717, 1.165) is 34.1 Å². The molecule has 0 aliphatic heterocycles. The van der Waals surface area contributed by atoms with Crippen molar-refractivity contribution in [2.75, 3.05) is 7.11 Å². The largest absolute Gasteiger partial charge is 0.497 e. The molecule has 1 heterocycles. The Morgan fingerprint density at radius 2 is 1.95 bits per heavy atom. The van der Waals surface area contributed by atoms with E-state index < -0.39 is 5.41 Å². The van der Waals surface area contributed by atoms with Gasteiger partial charge in [-0.3, -0.25) is 0 Å². The number of aromatic nitrogens is 1. The number of carbonyl (C=O) groups excluding carboxylic acids is 1. The number of benzene rings is 2. The molecule has 0 unspecified atom stereocenters. The molecule has 106 valence electrons. The van der Waals surface area contributed by atoms with E-state index in [-0.39, 0.29) is 0 Å². The summed E-state index contributed by atoms with van der Waals surface area (Å²) in [5.41, 5.74) is 2.21. The zero-order valence-corrected chi connectivity index (χ0v) is 12.1. The van der Waals surface area contributed by atoms with E-state index in [4.69, 9.17) is 4.74 Å². The summed E-state index contributed by atoms with van der Waals surface area (Å²) in [7, 11) is 1.63. The summed E-state index contributed by atoms with van der Waals surface area (Å²) in [6.07, 6.45) is 2.91. The third-order valence-electron chi connectivity index (χ3n) is 4.05. The standard InChI is InChI=1S/C18H17NO2/c1-18(12-20,13-6-5-7-14(10-13)21-2)16-11-19-17-9-4-3-8-15(16)17/h3-12,19H,1-2H3/t18-/m1/s1. The van der Waals surface area contributed by atoms with Crippen molar-refractivity contribution in [2.45, 2.75) is 12.3 Å². The lowest BCUT2D eigenvalue weighted by Gasteiger charge is -2.24. The average Bonchev–Trinajstić information content (AvgIpc) is 2.98. The molecule has 1 aromatic heterocycles. The fourth-order valence-corrected chi connectivity index (χ4v) is 2.73. The number of rotatable bonds is 4. The van der Waals surface area contributed by atoms with Crippen molar-refractivity contribution in [1.29, 1.82) is 0 Å². The van der Waals surface area contributed by atoms with Gasteiger partial charge in [-0.15, -0.1) is 0 Å². The Balaban J connectivity index is 2.21. The SMILES string of the molecule is COc1cccc([C@@](C)(C=O)c2c[nH]c3ccccc23)c1. The van der Waals surface area contributed by atoms with Gasteiger partial charge in [-0.1, -0.05) is 30.3 Å². The Kier molecular flexibility index (Phi) is 3.26. The Morgan fingerprint density at radius 1 is 1.14 bits per heavy atom. The van der Waals surface area contributed by atoms with E-state index in [9.17, 15) is 4.79 Å². The van der Waals surface area contributed by atoms with Crippen LogP contribution >= 0.6 is 0 Å². The minimum atomic E-state index is -0.714. The maximum absolute atomic E-state index is 11.9. The molecule has 0 bridgehead atoms. The highest BCUT2D eigenvalue weighted by molar-refractivity contribution is 5.90. The number of hydrogen-bond donors (Lipinski definition) is 1. The number of aldehydes is 1. The molecule has 1 atom stereocenters. The monoisotopic (exact) mass is 279 g/mol. The Bertz CT molecular complexity index is 791. The normalized spacial score (nSPS) is 13.8. The van der Waals surface area contributed by atoms with Crippen LogP contribution in [0.3, 0.4) is 0 Å². The number of nitrogens with one attached hydrogen (secondary N) is 1. The van der Waals surface area contributed by atoms with Crippen LogP contribution in [-0.2, 0) is 10.2 Å². The van der Waals surface area contributed by atoms with Crippen LogP contribution in [0.2, 0.25) is 0 Å². The molecule has 0 saturated carbocycles. The molecule has 0 spiro atoms. The lowest BCUT2D eigenvalue weighted by atomic mass is 9.77. The number of carbonyl (C=O) groups is 1. The first kappa shape index (κ1) is 13.4. The van der Waals surface area contributed by atoms with Gasteiger partial charge in [-0.05, 0) is 36.2 Å². The van der Waals surface area contributed by atoms with Gasteiger partial charge >= 0.3 is 0 Å². The molecule has 2 aromatic carbocycles. The Hall–Kier alpha value is -2.55. The van der Waals surface area contributed by atoms with Crippen molar-refractivity contribution in [3.8, 4) is 5.75 Å². The highest BCUT2D eigenvalue weighted by Gasteiger charge is 2.31. The van der Waals surface area contributed by atoms with E-state index in [1.807, 2.05) is 61.7 Å². The van der Waals surface area contributed by atoms with E-state index in [2.05, 4.69) is 4.98 Å². The maximum Gasteiger partial charge on any atom is 0.134 e. The Morgan fingerprint density at radius 3 is 2.71 bits per heavy atom. The second-order valence-corrected chi connectivity index (χ2v) is 5.30. The fraction of sp³-hybridized carbons (Fsp3) is 0.167. The molecule has 0 aliphatic rings. The molecule has 3 aromatic rings. The number of H-pyrrole nitrogens is 1. The van der Waals surface area contributed by atoms with Gasteiger partial charge in [0.2, 0.25) is 0 Å². The molecule has 0 saturated heterocycles. The van der Waals surface area contributed by atoms with Crippen LogP contribution in [0, 0.1) is 0 Å². The van der Waals surface area contributed by atoms with Crippen LogP contribution in [0.4, 0.5) is 0 Å². The molecule has 0 aliphatic carbocycles. The second-order valence-electron chi connectivity index (χ2n) is 5.30. The summed E-state index contributed by atoms with van der Waals surface area (Å²) in [5.74, 6) is 0.750. The minimum absolute atomic E-state index is 0.714. The first-order valence-electron chi connectivity index (χ1n) is 6.86. The van der Waals surface area contributed by atoms with Crippen molar-refractivity contribution >= 4 is 17.2 Å². The quantitative estimate of drug-likeness (QED) is 0.740. The van der Waals surface area contributed by atoms with Crippen molar-refractivity contribution in [3.05, 3.63) is 65.9 Å². The van der Waals surface area contributed by atoms with Crippen LogP contribution in [-0.4, -0.2) is 18.4 Å². The first-order chi connectivity index (χ1) is 10.2. The minimum Gasteiger partial charge on any atom is -0.497 e. The summed E-state index contributed by atoms with van der Waals surface area (Å²) in [6.45, 7) is 1.93. The molecular formula is C18H17NO2. The predicted octanol–water partition coefficient (Wildman–Crippen LogP) is 3.68. The average molecular weight is 279 g/mol. The van der Waals surface area contributed by atoms with E-state index in [1.54, 1.807) is 7.11 Å². The Labute approximate surface area is 123 Å². The molecule has 21 heavy (non-hydrogen) atoms. The smallest absolute Gasteiger partial charge is 0.134 e. The lowest BCUT2D eigenvalue weighted by molar-refractivity contribution is -0.110. The van der Waals surface area contributed by atoms with Crippen LogP contribution in [0.1, 0.15) is 18.1 Å². The summed E-state index contributed by atoms with van der Waals surface area (Å²) >= 11 is 0. The third-order valence-corrected chi connectivity index (χ3v) is 4.05. The molecule has 1 N–H and O–H groups in total. The number of methoxy groups -OCH3 is 1. The molecule has 0 amide bonds. The summed E-state index contributed by atoms with van der Waals surface area (Å²) in [5, 5.41) is 1.06. The van der Waals surface area contributed by atoms with E-state index in [1.165, 1.54) is 0 Å². The highest BCUT2D eigenvalue weighted by Crippen LogP contribution is 2.36. The third kappa shape index (κ3) is 2.11. The predicted molar refractivity (Wildman–Crippen MR) is 83.8 cm³/mol. The summed E-state index contributed by atoms with van der Waals surface area (Å²) in [4.78, 5) is 15.2. The number of fused-ring (bicyclic) bond motifs is 1. The van der Waals surface area contributed by atoms with Gasteiger partial charge in [0, 0.05) is 17.1 Å². The number of ether oxygens (including phenoxy) is 1. The fourth-order valence-electron chi connectivity index (χ4n) is 2.73. The molecule has 0 radical (unpaired) electrons. The number of hydrogen-bond acceptors (Lipinski definition) is 2. The van der Waals surface area contributed by atoms with Crippen molar-refractivity contribution in [1.82, 2.24) is 4.98 Å². The van der Waals surface area contributed by atoms with Gasteiger partial charge in [0.25, 0.3) is 0 Å². The van der Waals surface area contributed by atoms with Crippen molar-refractivity contribution < 1.29 is 9.53 Å². The summed E-state index contributed by atoms with van der Waals surface area (Å²) in [6, 6.07) is 15.7. The van der Waals surface area contributed by atoms with Gasteiger partial charge in [-0.25, -0.2) is 0 Å². The zero-order chi connectivity index (χ0) is 14.9. The second kappa shape index (κ2) is 5.09. The topological polar surface area (TPSA) is 42.1 Å². The van der Waals surface area contributed by atoms with Crippen molar-refractivity contribution in [2.24, 2.45) is 0 Å². The molecule has 3 nitrogen and oxygen atoms in total. The number of aromatic amines is 1. The first-order valence-corrected chi connectivity index (χ1v) is 6.86. The van der Waals surface area contributed by atoms with E-state index >= 15 is 0 Å². The van der Waals surface area contributed by atoms with Gasteiger partial charge in [0.1, 0.15) is 12.0 Å². The van der Waals surface area contributed by atoms with E-state index in [0.29, 0.717) is 0 Å². The summed E-state index contributed by atoms with van der Waals surface area (Å²) < 4.78 is 5.28. The lowest BCUT2D eigenvalue weighted by Crippen LogP contribution is -2.25. The molecular weight excluding hydrogens is 262 g/mol. The van der Waals surface area contributed by atoms with Crippen LogP contribution in [0.15, 0.2) is 54.7 Å².